The SMILES string of the molecule is Cc1cc(Cl)ccc1Oc1cc(NC(=O)Cn2nc(C)c(Cl)c2C)cc([N+](=O)[O-])c1. The molecule has 0 fully saturated rings. The van der Waals surface area contributed by atoms with E-state index in [0.717, 1.165) is 5.56 Å². The highest BCUT2D eigenvalue weighted by molar-refractivity contribution is 6.31. The van der Waals surface area contributed by atoms with Crippen LogP contribution in [0.15, 0.2) is 36.4 Å². The van der Waals surface area contributed by atoms with E-state index in [4.69, 9.17) is 27.9 Å². The van der Waals surface area contributed by atoms with Gasteiger partial charge in [0, 0.05) is 17.2 Å². The minimum atomic E-state index is -0.558. The van der Waals surface area contributed by atoms with Gasteiger partial charge in [-0.3, -0.25) is 19.6 Å². The van der Waals surface area contributed by atoms with Gasteiger partial charge < -0.3 is 10.1 Å². The summed E-state index contributed by atoms with van der Waals surface area (Å²) in [6.45, 7) is 5.21. The molecule has 10 heteroatoms. The number of nitro benzene ring substituents is 1. The Morgan fingerprint density at radius 3 is 2.53 bits per heavy atom. The van der Waals surface area contributed by atoms with Crippen molar-refractivity contribution in [3.8, 4) is 11.5 Å². The number of anilines is 1. The maximum atomic E-state index is 12.5. The van der Waals surface area contributed by atoms with Crippen molar-refractivity contribution in [3.05, 3.63) is 73.5 Å². The molecule has 0 aliphatic rings. The first kappa shape index (κ1) is 21.6. The van der Waals surface area contributed by atoms with Crippen LogP contribution in [-0.4, -0.2) is 20.6 Å². The Morgan fingerprint density at radius 1 is 1.20 bits per heavy atom. The Balaban J connectivity index is 1.84. The normalized spacial score (nSPS) is 10.7. The first-order valence-electron chi connectivity index (χ1n) is 8.87. The summed E-state index contributed by atoms with van der Waals surface area (Å²) in [6.07, 6.45) is 0. The smallest absolute Gasteiger partial charge is 0.275 e. The summed E-state index contributed by atoms with van der Waals surface area (Å²) in [5.41, 5.74) is 2.05. The van der Waals surface area contributed by atoms with E-state index in [0.29, 0.717) is 27.2 Å². The number of carbonyl (C=O) groups excluding carboxylic acids is 1. The fourth-order valence-electron chi connectivity index (χ4n) is 2.84. The summed E-state index contributed by atoms with van der Waals surface area (Å²) in [6, 6.07) is 9.09. The Kier molecular flexibility index (Phi) is 6.28. The van der Waals surface area contributed by atoms with Gasteiger partial charge in [0.25, 0.3) is 5.69 Å². The third-order valence-electron chi connectivity index (χ3n) is 4.34. The van der Waals surface area contributed by atoms with Crippen LogP contribution in [0.25, 0.3) is 0 Å². The number of carbonyl (C=O) groups is 1. The molecule has 0 unspecified atom stereocenters. The van der Waals surface area contributed by atoms with Crippen molar-refractivity contribution in [2.45, 2.75) is 27.3 Å². The molecular weight excluding hydrogens is 431 g/mol. The zero-order valence-corrected chi connectivity index (χ0v) is 17.9. The van der Waals surface area contributed by atoms with Gasteiger partial charge in [-0.25, -0.2) is 0 Å². The molecule has 3 aromatic rings. The summed E-state index contributed by atoms with van der Waals surface area (Å²) >= 11 is 12.1. The number of nitrogens with zero attached hydrogens (tertiary/aromatic N) is 3. The first-order chi connectivity index (χ1) is 14.1. The molecule has 0 aliphatic carbocycles. The second-order valence-corrected chi connectivity index (χ2v) is 7.49. The molecule has 0 aliphatic heterocycles. The molecule has 1 aromatic heterocycles. The van der Waals surface area contributed by atoms with Gasteiger partial charge in [0.1, 0.15) is 18.0 Å². The van der Waals surface area contributed by atoms with E-state index in [-0.39, 0.29) is 23.7 Å². The standard InChI is InChI=1S/C20H18Cl2N4O4/c1-11-6-14(21)4-5-18(11)30-17-8-15(7-16(9-17)26(28)29)23-19(27)10-25-13(3)20(22)12(2)24-25/h4-9H,10H2,1-3H3,(H,23,27). The molecule has 0 spiro atoms. The Labute approximate surface area is 182 Å². The third-order valence-corrected chi connectivity index (χ3v) is 5.12. The molecule has 1 heterocycles. The lowest BCUT2D eigenvalue weighted by Crippen LogP contribution is -2.20. The molecule has 0 atom stereocenters. The summed E-state index contributed by atoms with van der Waals surface area (Å²) < 4.78 is 7.26. The molecule has 0 saturated heterocycles. The average Bonchev–Trinajstić information content (AvgIpc) is 2.90. The lowest BCUT2D eigenvalue weighted by atomic mass is 10.2. The summed E-state index contributed by atoms with van der Waals surface area (Å²) in [7, 11) is 0. The molecule has 156 valence electrons. The number of non-ortho nitro benzene ring substituents is 1. The van der Waals surface area contributed by atoms with Gasteiger partial charge >= 0.3 is 0 Å². The molecule has 0 radical (unpaired) electrons. The van der Waals surface area contributed by atoms with E-state index < -0.39 is 10.8 Å². The van der Waals surface area contributed by atoms with Crippen LogP contribution in [0.1, 0.15) is 17.0 Å². The fraction of sp³-hybridized carbons (Fsp3) is 0.200. The van der Waals surface area contributed by atoms with Crippen molar-refractivity contribution in [2.24, 2.45) is 0 Å². The number of aryl methyl sites for hydroxylation is 2. The van der Waals surface area contributed by atoms with Gasteiger partial charge in [0.05, 0.1) is 33.1 Å². The Bertz CT molecular complexity index is 1140. The van der Waals surface area contributed by atoms with Crippen LogP contribution < -0.4 is 10.1 Å². The van der Waals surface area contributed by atoms with Gasteiger partial charge in [0.15, 0.2) is 0 Å². The van der Waals surface area contributed by atoms with E-state index in [9.17, 15) is 14.9 Å². The topological polar surface area (TPSA) is 99.3 Å². The number of aromatic nitrogens is 2. The maximum absolute atomic E-state index is 12.5. The van der Waals surface area contributed by atoms with E-state index in [1.807, 2.05) is 0 Å². The molecule has 0 bridgehead atoms. The van der Waals surface area contributed by atoms with Crippen molar-refractivity contribution >= 4 is 40.5 Å². The predicted octanol–water partition coefficient (Wildman–Crippen LogP) is 5.45. The summed E-state index contributed by atoms with van der Waals surface area (Å²) in [4.78, 5) is 23.2. The van der Waals surface area contributed by atoms with Crippen LogP contribution in [-0.2, 0) is 11.3 Å². The number of rotatable bonds is 6. The molecule has 30 heavy (non-hydrogen) atoms. The van der Waals surface area contributed by atoms with Crippen LogP contribution >= 0.6 is 23.2 Å². The van der Waals surface area contributed by atoms with E-state index >= 15 is 0 Å². The van der Waals surface area contributed by atoms with Gasteiger partial charge in [-0.15, -0.1) is 0 Å². The Morgan fingerprint density at radius 2 is 1.93 bits per heavy atom. The highest BCUT2D eigenvalue weighted by Crippen LogP contribution is 2.32. The summed E-state index contributed by atoms with van der Waals surface area (Å²) in [5, 5.41) is 19.2. The van der Waals surface area contributed by atoms with Crippen LogP contribution in [0, 0.1) is 30.9 Å². The first-order valence-corrected chi connectivity index (χ1v) is 9.62. The second-order valence-electron chi connectivity index (χ2n) is 6.68. The van der Waals surface area contributed by atoms with Crippen molar-refractivity contribution in [2.75, 3.05) is 5.32 Å². The number of halogens is 2. The lowest BCUT2D eigenvalue weighted by molar-refractivity contribution is -0.384. The largest absolute Gasteiger partial charge is 0.457 e. The third kappa shape index (κ3) is 4.90. The zero-order chi connectivity index (χ0) is 22.0. The molecule has 2 aromatic carbocycles. The monoisotopic (exact) mass is 448 g/mol. The van der Waals surface area contributed by atoms with Gasteiger partial charge in [0.2, 0.25) is 5.91 Å². The van der Waals surface area contributed by atoms with Crippen LogP contribution in [0.3, 0.4) is 0 Å². The van der Waals surface area contributed by atoms with Crippen LogP contribution in [0.4, 0.5) is 11.4 Å². The number of benzene rings is 2. The van der Waals surface area contributed by atoms with Crippen molar-refractivity contribution in [1.29, 1.82) is 0 Å². The lowest BCUT2D eigenvalue weighted by Gasteiger charge is -2.11. The van der Waals surface area contributed by atoms with E-state index in [1.165, 1.54) is 22.9 Å². The maximum Gasteiger partial charge on any atom is 0.275 e. The molecule has 3 rings (SSSR count). The van der Waals surface area contributed by atoms with Gasteiger partial charge in [-0.2, -0.15) is 5.10 Å². The van der Waals surface area contributed by atoms with Gasteiger partial charge in [-0.1, -0.05) is 23.2 Å². The number of hydrogen-bond donors (Lipinski definition) is 1. The number of nitrogens with one attached hydrogen (secondary N) is 1. The number of amides is 1. The van der Waals surface area contributed by atoms with Crippen molar-refractivity contribution < 1.29 is 14.5 Å². The highest BCUT2D eigenvalue weighted by Gasteiger charge is 2.16. The van der Waals surface area contributed by atoms with Crippen molar-refractivity contribution in [1.82, 2.24) is 9.78 Å². The minimum absolute atomic E-state index is 0.0887. The van der Waals surface area contributed by atoms with Crippen LogP contribution in [0.5, 0.6) is 11.5 Å². The average molecular weight is 449 g/mol. The second kappa shape index (κ2) is 8.73. The van der Waals surface area contributed by atoms with E-state index in [2.05, 4.69) is 10.4 Å². The highest BCUT2D eigenvalue weighted by atomic mass is 35.5. The van der Waals surface area contributed by atoms with Crippen LogP contribution in [0.2, 0.25) is 10.0 Å². The molecular formula is C20H18Cl2N4O4. The van der Waals surface area contributed by atoms with Crippen molar-refractivity contribution in [3.63, 3.8) is 0 Å². The number of hydrogen-bond acceptors (Lipinski definition) is 5. The molecule has 1 N–H and O–H groups in total. The molecule has 1 amide bonds. The zero-order valence-electron chi connectivity index (χ0n) is 16.4. The van der Waals surface area contributed by atoms with Gasteiger partial charge in [-0.05, 0) is 44.5 Å². The number of ether oxygens (including phenoxy) is 1. The fourth-order valence-corrected chi connectivity index (χ4v) is 3.20. The predicted molar refractivity (Wildman–Crippen MR) is 115 cm³/mol. The molecule has 0 saturated carbocycles. The quantitative estimate of drug-likeness (QED) is 0.398. The molecule has 8 nitrogen and oxygen atoms in total. The minimum Gasteiger partial charge on any atom is -0.457 e. The number of nitro groups is 1. The Hall–Kier alpha value is -3.10. The van der Waals surface area contributed by atoms with E-state index in [1.54, 1.807) is 39.0 Å². The summed E-state index contributed by atoms with van der Waals surface area (Å²) in [5.74, 6) is 0.292.